The third-order valence-corrected chi connectivity index (χ3v) is 6.37. The number of benzene rings is 2. The van der Waals surface area contributed by atoms with Gasteiger partial charge >= 0.3 is 5.97 Å². The molecule has 9 nitrogen and oxygen atoms in total. The van der Waals surface area contributed by atoms with Gasteiger partial charge in [-0.1, -0.05) is 25.8 Å². The van der Waals surface area contributed by atoms with Crippen LogP contribution in [0.15, 0.2) is 45.7 Å². The lowest BCUT2D eigenvalue weighted by atomic mass is 10.1. The molecular weight excluding hydrogens is 436 g/mol. The summed E-state index contributed by atoms with van der Waals surface area (Å²) in [6, 6.07) is 8.20. The Balaban J connectivity index is 1.91. The molecule has 0 saturated heterocycles. The maximum Gasteiger partial charge on any atom is 0.342 e. The molecule has 32 heavy (non-hydrogen) atoms. The molecule has 0 atom stereocenters. The van der Waals surface area contributed by atoms with Gasteiger partial charge in [-0.3, -0.25) is 14.8 Å². The second kappa shape index (κ2) is 9.39. The van der Waals surface area contributed by atoms with Gasteiger partial charge in [0, 0.05) is 22.7 Å². The minimum atomic E-state index is -4.10. The Bertz CT molecular complexity index is 1280. The predicted molar refractivity (Wildman–Crippen MR) is 119 cm³/mol. The molecule has 0 unspecified atom stereocenters. The normalized spacial score (nSPS) is 11.5. The number of furan rings is 1. The zero-order valence-corrected chi connectivity index (χ0v) is 18.8. The van der Waals surface area contributed by atoms with E-state index in [4.69, 9.17) is 9.15 Å². The van der Waals surface area contributed by atoms with Gasteiger partial charge in [-0.15, -0.1) is 0 Å². The number of sulfonamides is 1. The second-order valence-corrected chi connectivity index (χ2v) is 9.08. The van der Waals surface area contributed by atoms with E-state index in [1.54, 1.807) is 13.0 Å². The lowest BCUT2D eigenvalue weighted by Crippen LogP contribution is -2.13. The first-order valence-electron chi connectivity index (χ1n) is 10.1. The zero-order chi connectivity index (χ0) is 23.5. The highest BCUT2D eigenvalue weighted by molar-refractivity contribution is 7.92. The number of aryl methyl sites for hydroxylation is 2. The van der Waals surface area contributed by atoms with E-state index < -0.39 is 20.9 Å². The summed E-state index contributed by atoms with van der Waals surface area (Å²) in [6.45, 7) is 5.50. The van der Waals surface area contributed by atoms with Crippen LogP contribution in [0.25, 0.3) is 11.0 Å². The Hall–Kier alpha value is -3.40. The number of hydrogen-bond acceptors (Lipinski definition) is 7. The number of esters is 1. The molecule has 0 aliphatic carbocycles. The Morgan fingerprint density at radius 2 is 1.91 bits per heavy atom. The van der Waals surface area contributed by atoms with Gasteiger partial charge in [0.2, 0.25) is 0 Å². The summed E-state index contributed by atoms with van der Waals surface area (Å²) in [4.78, 5) is 22.9. The Morgan fingerprint density at radius 1 is 1.16 bits per heavy atom. The summed E-state index contributed by atoms with van der Waals surface area (Å²) in [5, 5.41) is 11.6. The van der Waals surface area contributed by atoms with E-state index in [2.05, 4.69) is 4.72 Å². The van der Waals surface area contributed by atoms with E-state index in [0.717, 1.165) is 25.3 Å². The number of nitro benzene ring substituents is 1. The molecule has 3 aromatic rings. The lowest BCUT2D eigenvalue weighted by molar-refractivity contribution is -0.385. The van der Waals surface area contributed by atoms with Gasteiger partial charge < -0.3 is 9.15 Å². The molecule has 0 amide bonds. The van der Waals surface area contributed by atoms with E-state index >= 15 is 0 Å². The molecule has 170 valence electrons. The molecule has 0 spiro atoms. The van der Waals surface area contributed by atoms with Crippen LogP contribution in [0.4, 0.5) is 11.4 Å². The summed E-state index contributed by atoms with van der Waals surface area (Å²) in [7, 11) is -4.10. The number of fused-ring (bicyclic) bond motifs is 1. The second-order valence-electron chi connectivity index (χ2n) is 7.40. The first-order chi connectivity index (χ1) is 15.1. The van der Waals surface area contributed by atoms with Crippen molar-refractivity contribution in [1.29, 1.82) is 0 Å². The van der Waals surface area contributed by atoms with Gasteiger partial charge in [-0.05, 0) is 44.5 Å². The fraction of sp³-hybridized carbons (Fsp3) is 0.318. The van der Waals surface area contributed by atoms with Crippen LogP contribution in [-0.4, -0.2) is 25.9 Å². The molecule has 3 rings (SSSR count). The van der Waals surface area contributed by atoms with E-state index in [-0.39, 0.29) is 28.4 Å². The fourth-order valence-electron chi connectivity index (χ4n) is 3.29. The number of unbranched alkanes of at least 4 members (excludes halogenated alkanes) is 2. The number of nitro groups is 1. The third-order valence-electron chi connectivity index (χ3n) is 4.99. The van der Waals surface area contributed by atoms with Crippen molar-refractivity contribution in [2.45, 2.75) is 44.9 Å². The van der Waals surface area contributed by atoms with Crippen LogP contribution in [0.5, 0.6) is 0 Å². The molecule has 0 fully saturated rings. The van der Waals surface area contributed by atoms with Crippen molar-refractivity contribution in [3.8, 4) is 0 Å². The molecule has 1 N–H and O–H groups in total. The molecule has 0 radical (unpaired) electrons. The highest BCUT2D eigenvalue weighted by Crippen LogP contribution is 2.30. The molecule has 0 aliphatic rings. The highest BCUT2D eigenvalue weighted by Gasteiger charge is 2.23. The third kappa shape index (κ3) is 4.91. The van der Waals surface area contributed by atoms with Crippen LogP contribution in [0.1, 0.15) is 47.9 Å². The number of carbonyl (C=O) groups excluding carboxylic acids is 1. The van der Waals surface area contributed by atoms with Gasteiger partial charge in [0.15, 0.2) is 0 Å². The first kappa shape index (κ1) is 23.3. The maximum atomic E-state index is 12.8. The number of nitrogens with zero attached hydrogens (tertiary/aromatic N) is 1. The van der Waals surface area contributed by atoms with Crippen molar-refractivity contribution in [2.24, 2.45) is 0 Å². The van der Waals surface area contributed by atoms with Gasteiger partial charge in [-0.2, -0.15) is 0 Å². The van der Waals surface area contributed by atoms with Crippen molar-refractivity contribution in [2.75, 3.05) is 11.3 Å². The lowest BCUT2D eigenvalue weighted by Gasteiger charge is -2.09. The number of rotatable bonds is 9. The van der Waals surface area contributed by atoms with Crippen LogP contribution in [0.2, 0.25) is 0 Å². The number of anilines is 1. The van der Waals surface area contributed by atoms with Crippen molar-refractivity contribution in [3.63, 3.8) is 0 Å². The van der Waals surface area contributed by atoms with Gasteiger partial charge in [0.25, 0.3) is 15.7 Å². The van der Waals surface area contributed by atoms with Crippen LogP contribution in [0, 0.1) is 24.0 Å². The minimum Gasteiger partial charge on any atom is -0.462 e. The number of ether oxygens (including phenoxy) is 1. The van der Waals surface area contributed by atoms with Gasteiger partial charge in [-0.25, -0.2) is 13.2 Å². The fourth-order valence-corrected chi connectivity index (χ4v) is 4.36. The predicted octanol–water partition coefficient (Wildman–Crippen LogP) is 5.11. The molecule has 0 bridgehead atoms. The monoisotopic (exact) mass is 460 g/mol. The summed E-state index contributed by atoms with van der Waals surface area (Å²) in [5.74, 6) is -0.166. The molecule has 10 heteroatoms. The Morgan fingerprint density at radius 3 is 2.59 bits per heavy atom. The van der Waals surface area contributed by atoms with Gasteiger partial charge in [0.05, 0.1) is 16.4 Å². The van der Waals surface area contributed by atoms with E-state index in [0.29, 0.717) is 22.3 Å². The smallest absolute Gasteiger partial charge is 0.342 e. The molecule has 1 heterocycles. The summed E-state index contributed by atoms with van der Waals surface area (Å²) in [5.41, 5.74) is 0.898. The highest BCUT2D eigenvalue weighted by atomic mass is 32.2. The molecule has 0 saturated carbocycles. The van der Waals surface area contributed by atoms with E-state index in [9.17, 15) is 23.3 Å². The number of nitrogens with one attached hydrogen (secondary N) is 1. The SMILES string of the molecule is CCCCCOC(=O)c1c(C)oc2ccc(NS(=O)(=O)c3ccc(C)c([N+](=O)[O-])c3)cc12. The van der Waals surface area contributed by atoms with E-state index in [1.165, 1.54) is 31.2 Å². The van der Waals surface area contributed by atoms with Crippen LogP contribution < -0.4 is 4.72 Å². The van der Waals surface area contributed by atoms with Crippen molar-refractivity contribution < 1.29 is 27.3 Å². The molecule has 0 aliphatic heterocycles. The van der Waals surface area contributed by atoms with E-state index in [1.807, 2.05) is 6.92 Å². The minimum absolute atomic E-state index is 0.182. The van der Waals surface area contributed by atoms with Crippen molar-refractivity contribution in [1.82, 2.24) is 0 Å². The molecule has 1 aromatic heterocycles. The summed E-state index contributed by atoms with van der Waals surface area (Å²) < 4.78 is 39.0. The van der Waals surface area contributed by atoms with Crippen LogP contribution >= 0.6 is 0 Å². The number of hydrogen-bond donors (Lipinski definition) is 1. The number of carbonyl (C=O) groups is 1. The average Bonchev–Trinajstić information content (AvgIpc) is 3.05. The maximum absolute atomic E-state index is 12.8. The van der Waals surface area contributed by atoms with Crippen molar-refractivity contribution in [3.05, 3.63) is 63.4 Å². The van der Waals surface area contributed by atoms with Crippen LogP contribution in [-0.2, 0) is 14.8 Å². The average molecular weight is 461 g/mol. The summed E-state index contributed by atoms with van der Waals surface area (Å²) in [6.07, 6.45) is 2.70. The zero-order valence-electron chi connectivity index (χ0n) is 18.0. The van der Waals surface area contributed by atoms with Crippen molar-refractivity contribution >= 4 is 38.3 Å². The Labute approximate surface area is 185 Å². The molecule has 2 aromatic carbocycles. The first-order valence-corrected chi connectivity index (χ1v) is 11.6. The largest absolute Gasteiger partial charge is 0.462 e. The standard InChI is InChI=1S/C22H24N2O7S/c1-4-5-6-11-30-22(25)21-15(3)31-20-10-8-16(12-18(20)21)23-32(28,29)17-9-7-14(2)19(13-17)24(26)27/h7-10,12-13,23H,4-6,11H2,1-3H3. The molecular formula is C22H24N2O7S. The summed E-state index contributed by atoms with van der Waals surface area (Å²) >= 11 is 0. The topological polar surface area (TPSA) is 129 Å². The van der Waals surface area contributed by atoms with Crippen LogP contribution in [0.3, 0.4) is 0 Å². The Kier molecular flexibility index (Phi) is 6.83. The quantitative estimate of drug-likeness (QED) is 0.203. The van der Waals surface area contributed by atoms with Gasteiger partial charge in [0.1, 0.15) is 16.9 Å².